The van der Waals surface area contributed by atoms with E-state index in [-0.39, 0.29) is 23.0 Å². The van der Waals surface area contributed by atoms with Crippen molar-refractivity contribution < 1.29 is 9.72 Å². The van der Waals surface area contributed by atoms with Crippen molar-refractivity contribution in [2.45, 2.75) is 6.42 Å². The molecule has 1 amide bonds. The zero-order valence-corrected chi connectivity index (χ0v) is 8.75. The number of benzene rings is 1. The molecule has 0 aliphatic carbocycles. The van der Waals surface area contributed by atoms with Gasteiger partial charge in [-0.3, -0.25) is 14.9 Å². The van der Waals surface area contributed by atoms with Crippen molar-refractivity contribution in [1.29, 1.82) is 0 Å². The predicted octanol–water partition coefficient (Wildman–Crippen LogP) is 1.54. The first-order chi connectivity index (χ1) is 7.04. The van der Waals surface area contributed by atoms with Crippen molar-refractivity contribution >= 4 is 23.2 Å². The molecule has 0 aromatic heterocycles. The van der Waals surface area contributed by atoms with E-state index < -0.39 is 4.92 Å². The molecule has 0 saturated heterocycles. The molecule has 0 radical (unpaired) electrons. The number of likely N-dealkylation sites (N-methyl/N-ethyl adjacent to an activating group) is 1. The molecule has 0 aliphatic heterocycles. The molecule has 0 spiro atoms. The highest BCUT2D eigenvalue weighted by atomic mass is 35.5. The predicted molar refractivity (Wildman–Crippen MR) is 55.9 cm³/mol. The first kappa shape index (κ1) is 11.5. The quantitative estimate of drug-likeness (QED) is 0.630. The van der Waals surface area contributed by atoms with Crippen molar-refractivity contribution in [3.63, 3.8) is 0 Å². The van der Waals surface area contributed by atoms with Gasteiger partial charge in [0.25, 0.3) is 5.69 Å². The summed E-state index contributed by atoms with van der Waals surface area (Å²) in [7, 11) is 1.48. The minimum atomic E-state index is -0.551. The van der Waals surface area contributed by atoms with E-state index in [1.807, 2.05) is 0 Å². The Morgan fingerprint density at radius 1 is 1.60 bits per heavy atom. The van der Waals surface area contributed by atoms with E-state index in [2.05, 4.69) is 5.32 Å². The van der Waals surface area contributed by atoms with Gasteiger partial charge in [-0.15, -0.1) is 0 Å². The second-order valence-electron chi connectivity index (χ2n) is 2.88. The molecule has 1 N–H and O–H groups in total. The summed E-state index contributed by atoms with van der Waals surface area (Å²) < 4.78 is 0. The molecule has 15 heavy (non-hydrogen) atoms. The number of nitro groups is 1. The first-order valence-electron chi connectivity index (χ1n) is 4.18. The SMILES string of the molecule is CNC(=O)Cc1ccc(Cl)cc1[N+](=O)[O-]. The van der Waals surface area contributed by atoms with Gasteiger partial charge in [-0.25, -0.2) is 0 Å². The third-order valence-electron chi connectivity index (χ3n) is 1.87. The number of nitrogens with one attached hydrogen (secondary N) is 1. The maximum atomic E-state index is 11.1. The number of carbonyl (C=O) groups excluding carboxylic acids is 1. The summed E-state index contributed by atoms with van der Waals surface area (Å²) in [6.45, 7) is 0. The van der Waals surface area contributed by atoms with Gasteiger partial charge in [0.1, 0.15) is 0 Å². The van der Waals surface area contributed by atoms with Crippen molar-refractivity contribution in [2.75, 3.05) is 7.05 Å². The average Bonchev–Trinajstić information content (AvgIpc) is 2.20. The van der Waals surface area contributed by atoms with Crippen LogP contribution in [-0.4, -0.2) is 17.9 Å². The van der Waals surface area contributed by atoms with E-state index in [0.29, 0.717) is 5.56 Å². The summed E-state index contributed by atoms with van der Waals surface area (Å²) in [4.78, 5) is 21.2. The Kier molecular flexibility index (Phi) is 3.62. The zero-order valence-electron chi connectivity index (χ0n) is 7.99. The van der Waals surface area contributed by atoms with Crippen LogP contribution in [0.5, 0.6) is 0 Å². The van der Waals surface area contributed by atoms with Gasteiger partial charge in [0.15, 0.2) is 0 Å². The Bertz CT molecular complexity index is 406. The van der Waals surface area contributed by atoms with Crippen LogP contribution in [0.3, 0.4) is 0 Å². The Morgan fingerprint density at radius 2 is 2.27 bits per heavy atom. The van der Waals surface area contributed by atoms with Crippen LogP contribution in [0.1, 0.15) is 5.56 Å². The standard InChI is InChI=1S/C9H9ClN2O3/c1-11-9(13)4-6-2-3-7(10)5-8(6)12(14)15/h2-3,5H,4H2,1H3,(H,11,13). The van der Waals surface area contributed by atoms with Crippen molar-refractivity contribution in [3.8, 4) is 0 Å². The third kappa shape index (κ3) is 2.92. The maximum Gasteiger partial charge on any atom is 0.274 e. The summed E-state index contributed by atoms with van der Waals surface area (Å²) in [6, 6.07) is 4.24. The molecule has 80 valence electrons. The summed E-state index contributed by atoms with van der Waals surface area (Å²) >= 11 is 5.63. The second-order valence-corrected chi connectivity index (χ2v) is 3.32. The number of amides is 1. The van der Waals surface area contributed by atoms with Gasteiger partial charge >= 0.3 is 0 Å². The number of nitro benzene ring substituents is 1. The molecule has 1 aromatic rings. The normalized spacial score (nSPS) is 9.73. The fraction of sp³-hybridized carbons (Fsp3) is 0.222. The highest BCUT2D eigenvalue weighted by Gasteiger charge is 2.16. The number of hydrogen-bond acceptors (Lipinski definition) is 3. The molecule has 0 fully saturated rings. The molecular formula is C9H9ClN2O3. The van der Waals surface area contributed by atoms with E-state index in [1.165, 1.54) is 25.2 Å². The minimum absolute atomic E-state index is 0.0238. The molecule has 1 rings (SSSR count). The summed E-state index contributed by atoms with van der Waals surface area (Å²) in [5.41, 5.74) is 0.217. The first-order valence-corrected chi connectivity index (χ1v) is 4.55. The van der Waals surface area contributed by atoms with Gasteiger partial charge in [0.2, 0.25) is 5.91 Å². The van der Waals surface area contributed by atoms with Crippen LogP contribution in [0.15, 0.2) is 18.2 Å². The maximum absolute atomic E-state index is 11.1. The molecular weight excluding hydrogens is 220 g/mol. The van der Waals surface area contributed by atoms with Gasteiger partial charge in [-0.05, 0) is 6.07 Å². The van der Waals surface area contributed by atoms with Crippen LogP contribution in [0.2, 0.25) is 5.02 Å². The van der Waals surface area contributed by atoms with E-state index in [1.54, 1.807) is 0 Å². The highest BCUT2D eigenvalue weighted by Crippen LogP contribution is 2.23. The van der Waals surface area contributed by atoms with Crippen molar-refractivity contribution in [2.24, 2.45) is 0 Å². The van der Waals surface area contributed by atoms with Gasteiger partial charge in [-0.2, -0.15) is 0 Å². The molecule has 0 bridgehead atoms. The zero-order chi connectivity index (χ0) is 11.4. The number of halogens is 1. The number of hydrogen-bond donors (Lipinski definition) is 1. The van der Waals surface area contributed by atoms with Crippen LogP contribution >= 0.6 is 11.6 Å². The molecule has 0 unspecified atom stereocenters. The van der Waals surface area contributed by atoms with Crippen LogP contribution in [0.4, 0.5) is 5.69 Å². The van der Waals surface area contributed by atoms with Gasteiger partial charge in [0, 0.05) is 23.7 Å². The highest BCUT2D eigenvalue weighted by molar-refractivity contribution is 6.30. The molecule has 6 heteroatoms. The second kappa shape index (κ2) is 4.75. The molecule has 0 heterocycles. The lowest BCUT2D eigenvalue weighted by Gasteiger charge is -2.02. The van der Waals surface area contributed by atoms with E-state index >= 15 is 0 Å². The third-order valence-corrected chi connectivity index (χ3v) is 2.11. The van der Waals surface area contributed by atoms with E-state index in [9.17, 15) is 14.9 Å². The summed E-state index contributed by atoms with van der Waals surface area (Å²) in [5.74, 6) is -0.277. The molecule has 0 saturated carbocycles. The lowest BCUT2D eigenvalue weighted by molar-refractivity contribution is -0.385. The minimum Gasteiger partial charge on any atom is -0.359 e. The monoisotopic (exact) mass is 228 g/mol. The van der Waals surface area contributed by atoms with Crippen LogP contribution < -0.4 is 5.32 Å². The molecule has 5 nitrogen and oxygen atoms in total. The molecule has 1 aromatic carbocycles. The molecule has 0 atom stereocenters. The van der Waals surface area contributed by atoms with Crippen molar-refractivity contribution in [1.82, 2.24) is 5.32 Å². The Hall–Kier alpha value is -1.62. The summed E-state index contributed by atoms with van der Waals surface area (Å²) in [5, 5.41) is 13.3. The lowest BCUT2D eigenvalue weighted by atomic mass is 10.1. The van der Waals surface area contributed by atoms with E-state index in [4.69, 9.17) is 11.6 Å². The Balaban J connectivity index is 3.06. The smallest absolute Gasteiger partial charge is 0.274 e. The van der Waals surface area contributed by atoms with Crippen LogP contribution in [0, 0.1) is 10.1 Å². The fourth-order valence-electron chi connectivity index (χ4n) is 1.12. The van der Waals surface area contributed by atoms with Crippen LogP contribution in [0.25, 0.3) is 0 Å². The van der Waals surface area contributed by atoms with E-state index in [0.717, 1.165) is 0 Å². The van der Waals surface area contributed by atoms with Gasteiger partial charge in [0.05, 0.1) is 11.3 Å². The van der Waals surface area contributed by atoms with Crippen molar-refractivity contribution in [3.05, 3.63) is 38.9 Å². The Labute approximate surface area is 91.2 Å². The fourth-order valence-corrected chi connectivity index (χ4v) is 1.28. The molecule has 0 aliphatic rings. The number of carbonyl (C=O) groups is 1. The number of nitrogens with zero attached hydrogens (tertiary/aromatic N) is 1. The average molecular weight is 229 g/mol. The van der Waals surface area contributed by atoms with Gasteiger partial charge in [-0.1, -0.05) is 17.7 Å². The van der Waals surface area contributed by atoms with Crippen LogP contribution in [-0.2, 0) is 11.2 Å². The summed E-state index contributed by atoms with van der Waals surface area (Å²) in [6.07, 6.45) is -0.0238. The topological polar surface area (TPSA) is 72.2 Å². The van der Waals surface area contributed by atoms with Gasteiger partial charge < -0.3 is 5.32 Å². The number of rotatable bonds is 3. The largest absolute Gasteiger partial charge is 0.359 e. The lowest BCUT2D eigenvalue weighted by Crippen LogP contribution is -2.20. The Morgan fingerprint density at radius 3 is 2.80 bits per heavy atom.